The topological polar surface area (TPSA) is 51.2 Å². The van der Waals surface area contributed by atoms with Crippen molar-refractivity contribution in [2.24, 2.45) is 0 Å². The molecule has 0 saturated carbocycles. The Morgan fingerprint density at radius 2 is 2.20 bits per heavy atom. The van der Waals surface area contributed by atoms with Crippen LogP contribution in [0.3, 0.4) is 0 Å². The third-order valence-electron chi connectivity index (χ3n) is 2.00. The van der Waals surface area contributed by atoms with E-state index in [1.807, 2.05) is 12.1 Å². The van der Waals surface area contributed by atoms with Crippen molar-refractivity contribution < 1.29 is 9.53 Å². The smallest absolute Gasteiger partial charge is 0.322 e. The van der Waals surface area contributed by atoms with Crippen molar-refractivity contribution in [1.82, 2.24) is 10.3 Å². The second-order valence-corrected chi connectivity index (χ2v) is 3.21. The number of ether oxygens (including phenoxy) is 1. The lowest BCUT2D eigenvalue weighted by atomic mass is 10.2. The Morgan fingerprint density at radius 1 is 1.53 bits per heavy atom. The minimum absolute atomic E-state index is 0.216. The molecule has 0 bridgehead atoms. The fourth-order valence-electron chi connectivity index (χ4n) is 1.12. The van der Waals surface area contributed by atoms with E-state index in [0.717, 1.165) is 5.56 Å². The highest BCUT2D eigenvalue weighted by Gasteiger charge is 2.12. The van der Waals surface area contributed by atoms with Crippen LogP contribution in [0.4, 0.5) is 0 Å². The monoisotopic (exact) mass is 208 g/mol. The van der Waals surface area contributed by atoms with Crippen LogP contribution >= 0.6 is 0 Å². The standard InChI is InChI=1S/C11H16N2O2/c1-3-15-11(14)9(2)13-8-10-4-6-12-7-5-10/h4-7,9,13H,3,8H2,1-2H3. The van der Waals surface area contributed by atoms with E-state index >= 15 is 0 Å². The molecule has 1 atom stereocenters. The zero-order valence-corrected chi connectivity index (χ0v) is 9.06. The molecule has 1 aromatic heterocycles. The van der Waals surface area contributed by atoms with Crippen molar-refractivity contribution in [2.75, 3.05) is 6.61 Å². The van der Waals surface area contributed by atoms with Crippen LogP contribution < -0.4 is 5.32 Å². The molecule has 1 rings (SSSR count). The van der Waals surface area contributed by atoms with E-state index in [0.29, 0.717) is 13.2 Å². The lowest BCUT2D eigenvalue weighted by Crippen LogP contribution is -2.34. The van der Waals surface area contributed by atoms with Gasteiger partial charge < -0.3 is 10.1 Å². The largest absolute Gasteiger partial charge is 0.465 e. The molecule has 1 aromatic rings. The van der Waals surface area contributed by atoms with Gasteiger partial charge in [-0.05, 0) is 31.5 Å². The number of nitrogens with one attached hydrogen (secondary N) is 1. The molecule has 1 unspecified atom stereocenters. The quantitative estimate of drug-likeness (QED) is 0.737. The number of rotatable bonds is 5. The molecule has 4 heteroatoms. The predicted octanol–water partition coefficient (Wildman–Crippen LogP) is 1.12. The van der Waals surface area contributed by atoms with Gasteiger partial charge in [0.1, 0.15) is 6.04 Å². The Kier molecular flexibility index (Phi) is 4.77. The number of carbonyl (C=O) groups is 1. The summed E-state index contributed by atoms with van der Waals surface area (Å²) in [6.45, 7) is 4.65. The molecular formula is C11H16N2O2. The molecule has 0 spiro atoms. The van der Waals surface area contributed by atoms with Gasteiger partial charge in [0.25, 0.3) is 0 Å². The molecule has 0 fully saturated rings. The maximum atomic E-state index is 11.3. The predicted molar refractivity (Wildman–Crippen MR) is 57.2 cm³/mol. The van der Waals surface area contributed by atoms with Crippen LogP contribution in [-0.2, 0) is 16.1 Å². The summed E-state index contributed by atoms with van der Waals surface area (Å²) in [6.07, 6.45) is 3.46. The van der Waals surface area contributed by atoms with Gasteiger partial charge in [-0.15, -0.1) is 0 Å². The zero-order valence-electron chi connectivity index (χ0n) is 9.06. The summed E-state index contributed by atoms with van der Waals surface area (Å²) in [5.74, 6) is -0.216. The highest BCUT2D eigenvalue weighted by molar-refractivity contribution is 5.75. The number of esters is 1. The molecule has 15 heavy (non-hydrogen) atoms. The first kappa shape index (κ1) is 11.7. The summed E-state index contributed by atoms with van der Waals surface area (Å²) >= 11 is 0. The maximum Gasteiger partial charge on any atom is 0.322 e. The maximum absolute atomic E-state index is 11.3. The van der Waals surface area contributed by atoms with Crippen LogP contribution in [0.25, 0.3) is 0 Å². The Balaban J connectivity index is 2.34. The Hall–Kier alpha value is -1.42. The Bertz CT molecular complexity index is 301. The van der Waals surface area contributed by atoms with Gasteiger partial charge in [-0.2, -0.15) is 0 Å². The highest BCUT2D eigenvalue weighted by atomic mass is 16.5. The number of pyridine rings is 1. The molecule has 4 nitrogen and oxygen atoms in total. The van der Waals surface area contributed by atoms with E-state index < -0.39 is 0 Å². The van der Waals surface area contributed by atoms with Crippen LogP contribution in [0, 0.1) is 0 Å². The molecule has 0 saturated heterocycles. The van der Waals surface area contributed by atoms with Gasteiger partial charge in [0.05, 0.1) is 6.61 Å². The van der Waals surface area contributed by atoms with Gasteiger partial charge in [0.15, 0.2) is 0 Å². The molecule has 0 radical (unpaired) electrons. The van der Waals surface area contributed by atoms with E-state index in [9.17, 15) is 4.79 Å². The van der Waals surface area contributed by atoms with Crippen LogP contribution in [-0.4, -0.2) is 23.6 Å². The second kappa shape index (κ2) is 6.14. The minimum Gasteiger partial charge on any atom is -0.465 e. The molecule has 1 N–H and O–H groups in total. The number of hydrogen-bond acceptors (Lipinski definition) is 4. The van der Waals surface area contributed by atoms with E-state index in [1.165, 1.54) is 0 Å². The van der Waals surface area contributed by atoms with Crippen molar-refractivity contribution in [3.63, 3.8) is 0 Å². The summed E-state index contributed by atoms with van der Waals surface area (Å²) in [4.78, 5) is 15.2. The van der Waals surface area contributed by atoms with Gasteiger partial charge in [-0.1, -0.05) is 0 Å². The molecular weight excluding hydrogens is 192 g/mol. The average molecular weight is 208 g/mol. The number of nitrogens with zero attached hydrogens (tertiary/aromatic N) is 1. The molecule has 0 aromatic carbocycles. The first-order valence-corrected chi connectivity index (χ1v) is 5.03. The first-order valence-electron chi connectivity index (χ1n) is 5.03. The third kappa shape index (κ3) is 4.08. The van der Waals surface area contributed by atoms with Crippen molar-refractivity contribution in [2.45, 2.75) is 26.4 Å². The van der Waals surface area contributed by atoms with E-state index in [1.54, 1.807) is 26.2 Å². The summed E-state index contributed by atoms with van der Waals surface area (Å²) in [5.41, 5.74) is 1.10. The normalized spacial score (nSPS) is 12.1. The molecule has 1 heterocycles. The molecule has 0 amide bonds. The van der Waals surface area contributed by atoms with Gasteiger partial charge in [0.2, 0.25) is 0 Å². The van der Waals surface area contributed by atoms with Crippen LogP contribution in [0.15, 0.2) is 24.5 Å². The lowest BCUT2D eigenvalue weighted by molar-refractivity contribution is -0.145. The fourth-order valence-corrected chi connectivity index (χ4v) is 1.12. The number of carbonyl (C=O) groups excluding carboxylic acids is 1. The SMILES string of the molecule is CCOC(=O)C(C)NCc1ccncc1. The zero-order chi connectivity index (χ0) is 11.1. The van der Waals surface area contributed by atoms with Crippen LogP contribution in [0.2, 0.25) is 0 Å². The molecule has 0 aliphatic rings. The van der Waals surface area contributed by atoms with Crippen molar-refractivity contribution in [3.05, 3.63) is 30.1 Å². The van der Waals surface area contributed by atoms with Gasteiger partial charge in [0, 0.05) is 18.9 Å². The Labute approximate surface area is 89.7 Å². The van der Waals surface area contributed by atoms with Crippen molar-refractivity contribution in [1.29, 1.82) is 0 Å². The van der Waals surface area contributed by atoms with E-state index in [2.05, 4.69) is 10.3 Å². The van der Waals surface area contributed by atoms with Gasteiger partial charge in [-0.25, -0.2) is 0 Å². The third-order valence-corrected chi connectivity index (χ3v) is 2.00. The Morgan fingerprint density at radius 3 is 2.80 bits per heavy atom. The summed E-state index contributed by atoms with van der Waals surface area (Å²) in [7, 11) is 0. The summed E-state index contributed by atoms with van der Waals surface area (Å²) in [6, 6.07) is 3.54. The van der Waals surface area contributed by atoms with Crippen LogP contribution in [0.1, 0.15) is 19.4 Å². The van der Waals surface area contributed by atoms with Crippen molar-refractivity contribution in [3.8, 4) is 0 Å². The summed E-state index contributed by atoms with van der Waals surface area (Å²) in [5, 5.41) is 3.08. The number of hydrogen-bond donors (Lipinski definition) is 1. The van der Waals surface area contributed by atoms with Gasteiger partial charge >= 0.3 is 5.97 Å². The minimum atomic E-state index is -0.280. The highest BCUT2D eigenvalue weighted by Crippen LogP contribution is 1.97. The van der Waals surface area contributed by atoms with E-state index in [4.69, 9.17) is 4.74 Å². The molecule has 0 aliphatic carbocycles. The fraction of sp³-hybridized carbons (Fsp3) is 0.455. The number of aromatic nitrogens is 1. The second-order valence-electron chi connectivity index (χ2n) is 3.21. The summed E-state index contributed by atoms with van der Waals surface area (Å²) < 4.78 is 4.88. The average Bonchev–Trinajstić information content (AvgIpc) is 2.27. The first-order chi connectivity index (χ1) is 7.24. The van der Waals surface area contributed by atoms with E-state index in [-0.39, 0.29) is 12.0 Å². The van der Waals surface area contributed by atoms with Crippen molar-refractivity contribution >= 4 is 5.97 Å². The lowest BCUT2D eigenvalue weighted by Gasteiger charge is -2.12. The molecule has 0 aliphatic heterocycles. The van der Waals surface area contributed by atoms with Gasteiger partial charge in [-0.3, -0.25) is 9.78 Å². The van der Waals surface area contributed by atoms with Crippen LogP contribution in [0.5, 0.6) is 0 Å². The molecule has 82 valence electrons.